The summed E-state index contributed by atoms with van der Waals surface area (Å²) >= 11 is 0. The van der Waals surface area contributed by atoms with Gasteiger partial charge in [-0.15, -0.1) is 48.1 Å². The van der Waals surface area contributed by atoms with Crippen molar-refractivity contribution in [2.75, 3.05) is 9.80 Å². The van der Waals surface area contributed by atoms with Crippen LogP contribution in [0, 0.1) is 18.8 Å². The van der Waals surface area contributed by atoms with Crippen molar-refractivity contribution in [2.24, 2.45) is 0 Å². The zero-order chi connectivity index (χ0) is 33.9. The summed E-state index contributed by atoms with van der Waals surface area (Å²) in [4.78, 5) is 9.23. The molecule has 0 spiro atoms. The minimum atomic E-state index is -0.00390. The first-order chi connectivity index (χ1) is 23.5. The number of pyridine rings is 1. The van der Waals surface area contributed by atoms with Crippen LogP contribution < -0.4 is 14.5 Å². The van der Waals surface area contributed by atoms with Crippen molar-refractivity contribution in [3.63, 3.8) is 0 Å². The van der Waals surface area contributed by atoms with Crippen LogP contribution in [0.25, 0.3) is 27.6 Å². The van der Waals surface area contributed by atoms with Gasteiger partial charge in [-0.3, -0.25) is 0 Å². The maximum absolute atomic E-state index is 6.51. The van der Waals surface area contributed by atoms with Gasteiger partial charge in [0.05, 0.1) is 0 Å². The normalized spacial score (nSPS) is 13.1. The van der Waals surface area contributed by atoms with Crippen molar-refractivity contribution in [1.82, 2.24) is 9.55 Å². The van der Waals surface area contributed by atoms with Gasteiger partial charge < -0.3 is 19.1 Å². The topological polar surface area (TPSA) is 33.5 Å². The van der Waals surface area contributed by atoms with E-state index in [9.17, 15) is 0 Å². The molecule has 50 heavy (non-hydrogen) atoms. The predicted molar refractivity (Wildman–Crippen MR) is 202 cm³/mol. The molecular formula is C44H39N4OPt-3. The number of benzene rings is 5. The van der Waals surface area contributed by atoms with E-state index in [-0.39, 0.29) is 31.9 Å². The number of anilines is 4. The van der Waals surface area contributed by atoms with Crippen molar-refractivity contribution < 1.29 is 25.8 Å². The summed E-state index contributed by atoms with van der Waals surface area (Å²) in [6.07, 6.45) is 1.90. The molecule has 0 saturated heterocycles. The number of para-hydroxylation sites is 3. The Labute approximate surface area is 309 Å². The molecule has 1 aliphatic heterocycles. The van der Waals surface area contributed by atoms with Gasteiger partial charge in [0.2, 0.25) is 0 Å². The summed E-state index contributed by atoms with van der Waals surface area (Å²) in [5.41, 5.74) is 8.77. The molecule has 0 fully saturated rings. The fourth-order valence-corrected chi connectivity index (χ4v) is 6.57. The van der Waals surface area contributed by atoms with Crippen molar-refractivity contribution in [1.29, 1.82) is 0 Å². The average Bonchev–Trinajstić information content (AvgIpc) is 3.64. The third-order valence-corrected chi connectivity index (χ3v) is 9.25. The Morgan fingerprint density at radius 3 is 2.08 bits per heavy atom. The molecule has 0 amide bonds. The van der Waals surface area contributed by atoms with Crippen LogP contribution in [0.15, 0.2) is 121 Å². The van der Waals surface area contributed by atoms with E-state index < -0.39 is 0 Å². The Bertz CT molecular complexity index is 2350. The maximum Gasteiger partial charge on any atom is 0.135 e. The molecule has 0 radical (unpaired) electrons. The van der Waals surface area contributed by atoms with Crippen molar-refractivity contribution in [2.45, 2.75) is 52.4 Å². The summed E-state index contributed by atoms with van der Waals surface area (Å²) in [5.74, 6) is 2.09. The van der Waals surface area contributed by atoms with Gasteiger partial charge in [-0.05, 0) is 69.8 Å². The third kappa shape index (κ3) is 6.09. The van der Waals surface area contributed by atoms with Crippen molar-refractivity contribution >= 4 is 44.6 Å². The van der Waals surface area contributed by atoms with E-state index in [2.05, 4.69) is 172 Å². The monoisotopic (exact) mass is 834 g/mol. The maximum atomic E-state index is 6.51. The molecule has 7 aromatic rings. The number of fused-ring (bicyclic) bond motifs is 4. The van der Waals surface area contributed by atoms with Gasteiger partial charge in [-0.25, -0.2) is 4.98 Å². The molecule has 8 rings (SSSR count). The molecule has 3 heterocycles. The van der Waals surface area contributed by atoms with E-state index >= 15 is 0 Å². The summed E-state index contributed by atoms with van der Waals surface area (Å²) in [5, 5.41) is 2.25. The first kappa shape index (κ1) is 33.6. The number of hydrogen-bond acceptors (Lipinski definition) is 4. The number of hydrogen-bond donors (Lipinski definition) is 0. The van der Waals surface area contributed by atoms with E-state index in [1.807, 2.05) is 24.4 Å². The Balaban J connectivity index is 0.00000392. The smallest absolute Gasteiger partial charge is 0.135 e. The Morgan fingerprint density at radius 2 is 1.30 bits per heavy atom. The molecule has 0 unspecified atom stereocenters. The minimum absolute atomic E-state index is 0. The van der Waals surface area contributed by atoms with E-state index in [0.29, 0.717) is 11.5 Å². The minimum Gasteiger partial charge on any atom is -0.509 e. The number of nitrogens with zero attached hydrogens (tertiary/aromatic N) is 4. The SMILES string of the molecule is CC(C)(C)c1cccc(N2[CH-]N(c3[c-]c(Oc4[c-]c5c(cc4)c4ccccc4n5-c4cc(C(C)(C)C)ccn4)ccc3)c3ccccc32)c1.[Pt]. The van der Waals surface area contributed by atoms with Gasteiger partial charge in [-0.2, -0.15) is 12.1 Å². The third-order valence-electron chi connectivity index (χ3n) is 9.25. The summed E-state index contributed by atoms with van der Waals surface area (Å²) in [7, 11) is 0. The average molecular weight is 835 g/mol. The molecule has 5 aromatic carbocycles. The van der Waals surface area contributed by atoms with Gasteiger partial charge in [-0.1, -0.05) is 89.5 Å². The van der Waals surface area contributed by atoms with Crippen LogP contribution in [0.3, 0.4) is 0 Å². The first-order valence-electron chi connectivity index (χ1n) is 16.8. The molecule has 6 heteroatoms. The molecule has 2 aromatic heterocycles. The molecule has 5 nitrogen and oxygen atoms in total. The molecule has 0 saturated carbocycles. The summed E-state index contributed by atoms with van der Waals surface area (Å²) in [6, 6.07) is 47.2. The Hall–Kier alpha value is -4.86. The molecule has 0 atom stereocenters. The van der Waals surface area contributed by atoms with E-state index in [0.717, 1.165) is 50.4 Å². The molecule has 0 bridgehead atoms. The second kappa shape index (κ2) is 12.8. The van der Waals surface area contributed by atoms with Crippen LogP contribution in [0.2, 0.25) is 0 Å². The summed E-state index contributed by atoms with van der Waals surface area (Å²) < 4.78 is 8.69. The zero-order valence-corrected chi connectivity index (χ0v) is 31.4. The van der Waals surface area contributed by atoms with Gasteiger partial charge in [0, 0.05) is 61.3 Å². The molecule has 1 aliphatic rings. The van der Waals surface area contributed by atoms with Crippen LogP contribution in [-0.2, 0) is 31.9 Å². The predicted octanol–water partition coefficient (Wildman–Crippen LogP) is 11.6. The fraction of sp³-hybridized carbons (Fsp3) is 0.182. The molecular weight excluding hydrogens is 796 g/mol. The number of rotatable bonds is 5. The van der Waals surface area contributed by atoms with Gasteiger partial charge in [0.15, 0.2) is 0 Å². The largest absolute Gasteiger partial charge is 0.509 e. The molecule has 0 aliphatic carbocycles. The quantitative estimate of drug-likeness (QED) is 0.162. The van der Waals surface area contributed by atoms with E-state index in [1.165, 1.54) is 11.1 Å². The second-order valence-electron chi connectivity index (χ2n) is 14.7. The Kier molecular flexibility index (Phi) is 8.60. The van der Waals surface area contributed by atoms with Crippen LogP contribution in [0.5, 0.6) is 11.5 Å². The van der Waals surface area contributed by atoms with Crippen LogP contribution in [-0.4, -0.2) is 9.55 Å². The van der Waals surface area contributed by atoms with Gasteiger partial charge in [0.1, 0.15) is 5.82 Å². The fourth-order valence-electron chi connectivity index (χ4n) is 6.57. The van der Waals surface area contributed by atoms with Gasteiger partial charge >= 0.3 is 0 Å². The van der Waals surface area contributed by atoms with Gasteiger partial charge in [0.25, 0.3) is 0 Å². The van der Waals surface area contributed by atoms with Crippen LogP contribution >= 0.6 is 0 Å². The summed E-state index contributed by atoms with van der Waals surface area (Å²) in [6.45, 7) is 15.5. The van der Waals surface area contributed by atoms with Crippen molar-refractivity contribution in [3.05, 3.63) is 151 Å². The number of ether oxygens (including phenoxy) is 1. The molecule has 254 valence electrons. The first-order valence-corrected chi connectivity index (χ1v) is 16.8. The van der Waals surface area contributed by atoms with Crippen LogP contribution in [0.4, 0.5) is 22.7 Å². The second-order valence-corrected chi connectivity index (χ2v) is 14.7. The van der Waals surface area contributed by atoms with E-state index in [4.69, 9.17) is 9.72 Å². The van der Waals surface area contributed by atoms with Crippen LogP contribution in [0.1, 0.15) is 52.7 Å². The standard InChI is InChI=1S/C44H39N4O.Pt/c1-43(2,3)30-13-11-14-32(25-30)46-29-47(40-20-10-9-19-39(40)46)33-15-12-16-34(27-33)49-35-21-22-37-36-17-7-8-18-38(36)48(41(37)28-35)42-26-31(23-24-45-42)44(4,5)6;/h7-26,29H,1-6H3;/q-3;. The molecule has 0 N–H and O–H groups in total. The van der Waals surface area contributed by atoms with Crippen molar-refractivity contribution in [3.8, 4) is 17.3 Å². The number of aromatic nitrogens is 2. The van der Waals surface area contributed by atoms with E-state index in [1.54, 1.807) is 0 Å². The Morgan fingerprint density at radius 1 is 0.620 bits per heavy atom. The zero-order valence-electron chi connectivity index (χ0n) is 29.1.